The first-order chi connectivity index (χ1) is 10.2. The molecule has 3 nitrogen and oxygen atoms in total. The Bertz CT molecular complexity index is 477. The van der Waals surface area contributed by atoms with Crippen molar-refractivity contribution in [3.05, 3.63) is 35.4 Å². The maximum Gasteiger partial charge on any atom is 0.406 e. The van der Waals surface area contributed by atoms with Gasteiger partial charge in [0.05, 0.1) is 6.04 Å². The maximum absolute atomic E-state index is 12.7. The van der Waals surface area contributed by atoms with Crippen molar-refractivity contribution in [3.8, 4) is 0 Å². The molecule has 0 saturated carbocycles. The summed E-state index contributed by atoms with van der Waals surface area (Å²) in [4.78, 5) is 12.9. The van der Waals surface area contributed by atoms with Gasteiger partial charge in [-0.1, -0.05) is 43.2 Å². The SMILES string of the molecule is CCCC(N)C(=O)N(CCc1ccc(C)cc1)CC(F)(F)F.Cl. The number of hydrogen-bond acceptors (Lipinski definition) is 2. The van der Waals surface area contributed by atoms with Crippen LogP contribution < -0.4 is 5.73 Å². The number of benzene rings is 1. The van der Waals surface area contributed by atoms with Crippen LogP contribution in [-0.4, -0.2) is 36.1 Å². The van der Waals surface area contributed by atoms with Crippen molar-refractivity contribution in [3.63, 3.8) is 0 Å². The third-order valence-corrected chi connectivity index (χ3v) is 3.39. The van der Waals surface area contributed by atoms with Crippen molar-refractivity contribution in [2.75, 3.05) is 13.1 Å². The van der Waals surface area contributed by atoms with Crippen molar-refractivity contribution in [1.29, 1.82) is 0 Å². The van der Waals surface area contributed by atoms with Gasteiger partial charge in [-0.25, -0.2) is 0 Å². The molecule has 2 N–H and O–H groups in total. The van der Waals surface area contributed by atoms with Crippen LogP contribution in [0.1, 0.15) is 30.9 Å². The lowest BCUT2D eigenvalue weighted by Crippen LogP contribution is -2.48. The van der Waals surface area contributed by atoms with E-state index < -0.39 is 24.7 Å². The summed E-state index contributed by atoms with van der Waals surface area (Å²) in [5.41, 5.74) is 7.66. The minimum absolute atomic E-state index is 0. The smallest absolute Gasteiger partial charge is 0.332 e. The fraction of sp³-hybridized carbons (Fsp3) is 0.562. The van der Waals surface area contributed by atoms with E-state index in [1.54, 1.807) is 0 Å². The minimum atomic E-state index is -4.42. The summed E-state index contributed by atoms with van der Waals surface area (Å²) < 4.78 is 38.0. The lowest BCUT2D eigenvalue weighted by molar-refractivity contribution is -0.162. The number of nitrogens with zero attached hydrogens (tertiary/aromatic N) is 1. The number of hydrogen-bond donors (Lipinski definition) is 1. The molecule has 1 aromatic rings. The Morgan fingerprint density at radius 2 is 1.83 bits per heavy atom. The molecule has 0 bridgehead atoms. The molecule has 1 aromatic carbocycles. The van der Waals surface area contributed by atoms with Gasteiger partial charge in [-0.15, -0.1) is 12.4 Å². The lowest BCUT2D eigenvalue weighted by Gasteiger charge is -2.26. The standard InChI is InChI=1S/C16H23F3N2O.ClH/c1-3-4-14(20)15(22)21(11-16(17,18)19)10-9-13-7-5-12(2)6-8-13;/h5-8,14H,3-4,9-11,20H2,1-2H3;1H. The molecule has 1 amide bonds. The van der Waals surface area contributed by atoms with E-state index in [0.717, 1.165) is 16.0 Å². The topological polar surface area (TPSA) is 46.3 Å². The first-order valence-corrected chi connectivity index (χ1v) is 7.39. The Morgan fingerprint density at radius 3 is 2.30 bits per heavy atom. The molecule has 1 rings (SSSR count). The third kappa shape index (κ3) is 8.23. The average Bonchev–Trinajstić information content (AvgIpc) is 2.43. The number of nitrogens with two attached hydrogens (primary N) is 1. The normalized spacial score (nSPS) is 12.4. The molecule has 0 aliphatic carbocycles. The van der Waals surface area contributed by atoms with Gasteiger partial charge in [-0.3, -0.25) is 4.79 Å². The van der Waals surface area contributed by atoms with E-state index >= 15 is 0 Å². The van der Waals surface area contributed by atoms with E-state index in [9.17, 15) is 18.0 Å². The number of aryl methyl sites for hydroxylation is 1. The predicted octanol–water partition coefficient (Wildman–Crippen LogP) is 3.48. The number of alkyl halides is 3. The van der Waals surface area contributed by atoms with Gasteiger partial charge in [0.15, 0.2) is 0 Å². The second-order valence-electron chi connectivity index (χ2n) is 5.51. The van der Waals surface area contributed by atoms with Gasteiger partial charge >= 0.3 is 6.18 Å². The average molecular weight is 353 g/mol. The van der Waals surface area contributed by atoms with Gasteiger partial charge in [0.25, 0.3) is 0 Å². The second kappa shape index (κ2) is 9.78. The fourth-order valence-electron chi connectivity index (χ4n) is 2.17. The zero-order valence-electron chi connectivity index (χ0n) is 13.4. The van der Waals surface area contributed by atoms with E-state index in [1.807, 2.05) is 38.1 Å². The lowest BCUT2D eigenvalue weighted by atomic mass is 10.1. The zero-order valence-corrected chi connectivity index (χ0v) is 14.2. The Morgan fingerprint density at radius 1 is 1.26 bits per heavy atom. The van der Waals surface area contributed by atoms with Crippen LogP contribution >= 0.6 is 12.4 Å². The van der Waals surface area contributed by atoms with Crippen LogP contribution in [0.25, 0.3) is 0 Å². The molecule has 0 heterocycles. The highest BCUT2D eigenvalue weighted by Gasteiger charge is 2.34. The van der Waals surface area contributed by atoms with Crippen LogP contribution in [0, 0.1) is 6.92 Å². The van der Waals surface area contributed by atoms with Gasteiger partial charge in [-0.05, 0) is 25.3 Å². The van der Waals surface area contributed by atoms with Crippen molar-refractivity contribution in [1.82, 2.24) is 4.90 Å². The van der Waals surface area contributed by atoms with Gasteiger partial charge < -0.3 is 10.6 Å². The molecule has 0 aromatic heterocycles. The van der Waals surface area contributed by atoms with Gasteiger partial charge in [0.1, 0.15) is 6.54 Å². The minimum Gasteiger partial charge on any atom is -0.332 e. The first kappa shape index (κ1) is 21.7. The largest absolute Gasteiger partial charge is 0.406 e. The van der Waals surface area contributed by atoms with Crippen LogP contribution in [-0.2, 0) is 11.2 Å². The number of carbonyl (C=O) groups is 1. The monoisotopic (exact) mass is 352 g/mol. The van der Waals surface area contributed by atoms with E-state index in [2.05, 4.69) is 0 Å². The Balaban J connectivity index is 0.00000484. The van der Waals surface area contributed by atoms with E-state index in [1.165, 1.54) is 0 Å². The molecule has 0 aliphatic heterocycles. The van der Waals surface area contributed by atoms with Gasteiger partial charge in [0, 0.05) is 6.54 Å². The fourth-order valence-corrected chi connectivity index (χ4v) is 2.17. The van der Waals surface area contributed by atoms with Crippen LogP contribution in [0.15, 0.2) is 24.3 Å². The molecule has 7 heteroatoms. The van der Waals surface area contributed by atoms with Crippen LogP contribution in [0.3, 0.4) is 0 Å². The van der Waals surface area contributed by atoms with Gasteiger partial charge in [0.2, 0.25) is 5.91 Å². The summed E-state index contributed by atoms with van der Waals surface area (Å²) in [5, 5.41) is 0. The van der Waals surface area contributed by atoms with Crippen LogP contribution in [0.5, 0.6) is 0 Å². The van der Waals surface area contributed by atoms with Crippen molar-refractivity contribution >= 4 is 18.3 Å². The summed E-state index contributed by atoms with van der Waals surface area (Å²) in [5.74, 6) is -0.633. The molecule has 0 fully saturated rings. The first-order valence-electron chi connectivity index (χ1n) is 7.39. The Labute approximate surface area is 141 Å². The van der Waals surface area contributed by atoms with Crippen molar-refractivity contribution in [2.45, 2.75) is 45.3 Å². The molecule has 0 saturated heterocycles. The Kier molecular flexibility index (Phi) is 9.24. The molecule has 0 spiro atoms. The molecular weight excluding hydrogens is 329 g/mol. The van der Waals surface area contributed by atoms with Crippen molar-refractivity contribution < 1.29 is 18.0 Å². The van der Waals surface area contributed by atoms with E-state index in [4.69, 9.17) is 5.73 Å². The predicted molar refractivity (Wildman–Crippen MR) is 87.6 cm³/mol. The van der Waals surface area contributed by atoms with Crippen LogP contribution in [0.2, 0.25) is 0 Å². The van der Waals surface area contributed by atoms with E-state index in [-0.39, 0.29) is 19.0 Å². The maximum atomic E-state index is 12.7. The summed E-state index contributed by atoms with van der Waals surface area (Å²) >= 11 is 0. The zero-order chi connectivity index (χ0) is 16.8. The molecule has 132 valence electrons. The number of rotatable bonds is 7. The highest BCUT2D eigenvalue weighted by molar-refractivity contribution is 5.85. The molecule has 0 aliphatic rings. The summed E-state index contributed by atoms with van der Waals surface area (Å²) in [6, 6.07) is 6.64. The number of halogens is 4. The summed E-state index contributed by atoms with van der Waals surface area (Å²) in [7, 11) is 0. The van der Waals surface area contributed by atoms with E-state index in [0.29, 0.717) is 19.3 Å². The number of carbonyl (C=O) groups excluding carboxylic acids is 1. The molecule has 23 heavy (non-hydrogen) atoms. The summed E-state index contributed by atoms with van der Waals surface area (Å²) in [6.45, 7) is 2.54. The quantitative estimate of drug-likeness (QED) is 0.816. The Hall–Kier alpha value is -1.27. The molecule has 1 atom stereocenters. The second-order valence-corrected chi connectivity index (χ2v) is 5.51. The van der Waals surface area contributed by atoms with Crippen molar-refractivity contribution in [2.24, 2.45) is 5.73 Å². The molecule has 0 radical (unpaired) electrons. The molecule has 1 unspecified atom stereocenters. The highest BCUT2D eigenvalue weighted by Crippen LogP contribution is 2.18. The highest BCUT2D eigenvalue weighted by atomic mass is 35.5. The molecular formula is C16H24ClF3N2O. The van der Waals surface area contributed by atoms with Gasteiger partial charge in [-0.2, -0.15) is 13.2 Å². The third-order valence-electron chi connectivity index (χ3n) is 3.39. The summed E-state index contributed by atoms with van der Waals surface area (Å²) in [6.07, 6.45) is -3.00. The number of amides is 1. The van der Waals surface area contributed by atoms with Crippen LogP contribution in [0.4, 0.5) is 13.2 Å².